The van der Waals surface area contributed by atoms with Crippen LogP contribution in [0.3, 0.4) is 0 Å². The molecule has 19 heavy (non-hydrogen) atoms. The number of aliphatic hydroxyl groups is 1. The molecular weight excluding hydrogens is 242 g/mol. The van der Waals surface area contributed by atoms with Crippen molar-refractivity contribution in [2.75, 3.05) is 18.1 Å². The van der Waals surface area contributed by atoms with E-state index in [-0.39, 0.29) is 12.4 Å². The molecule has 1 aromatic heterocycles. The van der Waals surface area contributed by atoms with Crippen LogP contribution in [0.15, 0.2) is 12.4 Å². The lowest BCUT2D eigenvalue weighted by molar-refractivity contribution is 0.289. The van der Waals surface area contributed by atoms with E-state index in [0.29, 0.717) is 18.3 Å². The minimum Gasteiger partial charge on any atom is -0.395 e. The predicted octanol–water partition coefficient (Wildman–Crippen LogP) is 0.892. The highest BCUT2D eigenvalue weighted by Crippen LogP contribution is 2.25. The van der Waals surface area contributed by atoms with E-state index in [1.807, 2.05) is 0 Å². The fourth-order valence-corrected chi connectivity index (χ4v) is 2.59. The third kappa shape index (κ3) is 3.41. The summed E-state index contributed by atoms with van der Waals surface area (Å²) in [6.45, 7) is 0.672. The Hall–Kier alpha value is -1.69. The number of nitrogens with zero attached hydrogens (tertiary/aromatic N) is 3. The maximum absolute atomic E-state index is 9.23. The second-order valence-electron chi connectivity index (χ2n) is 4.88. The lowest BCUT2D eigenvalue weighted by Gasteiger charge is -2.34. The normalized spacial score (nSPS) is 16.3. The summed E-state index contributed by atoms with van der Waals surface area (Å²) in [5.41, 5.74) is 5.75. The Labute approximate surface area is 113 Å². The zero-order chi connectivity index (χ0) is 13.7. The Bertz CT molecular complexity index is 414. The van der Waals surface area contributed by atoms with Gasteiger partial charge in [0.1, 0.15) is 17.3 Å². The van der Waals surface area contributed by atoms with Crippen molar-refractivity contribution in [1.82, 2.24) is 9.97 Å². The molecule has 1 saturated carbocycles. The van der Waals surface area contributed by atoms with Crippen molar-refractivity contribution in [2.45, 2.75) is 38.1 Å². The second kappa shape index (κ2) is 6.47. The molecule has 1 aliphatic carbocycles. The van der Waals surface area contributed by atoms with Crippen LogP contribution < -0.4 is 10.6 Å². The Kier molecular flexibility index (Phi) is 4.68. The van der Waals surface area contributed by atoms with E-state index in [9.17, 15) is 5.11 Å². The number of nitrogens with one attached hydrogen (secondary N) is 1. The fourth-order valence-electron chi connectivity index (χ4n) is 2.59. The summed E-state index contributed by atoms with van der Waals surface area (Å²) >= 11 is 0. The number of aliphatic hydroxyl groups excluding tert-OH is 1. The first-order chi connectivity index (χ1) is 9.22. The number of hydrogen-bond donors (Lipinski definition) is 3. The van der Waals surface area contributed by atoms with Gasteiger partial charge in [0.05, 0.1) is 19.0 Å². The topological polar surface area (TPSA) is 99.1 Å². The summed E-state index contributed by atoms with van der Waals surface area (Å²) in [7, 11) is 0. The molecular formula is C13H21N5O. The van der Waals surface area contributed by atoms with Crippen molar-refractivity contribution in [1.29, 1.82) is 5.41 Å². The summed E-state index contributed by atoms with van der Waals surface area (Å²) < 4.78 is 0. The number of aromatic nitrogens is 2. The van der Waals surface area contributed by atoms with Gasteiger partial charge in [0, 0.05) is 12.6 Å². The summed E-state index contributed by atoms with van der Waals surface area (Å²) in [6.07, 6.45) is 9.17. The van der Waals surface area contributed by atoms with E-state index in [1.54, 1.807) is 6.20 Å². The summed E-state index contributed by atoms with van der Waals surface area (Å²) in [5.74, 6) is 0.677. The number of anilines is 1. The van der Waals surface area contributed by atoms with E-state index in [4.69, 9.17) is 11.1 Å². The maximum atomic E-state index is 9.23. The molecule has 0 radical (unpaired) electrons. The van der Waals surface area contributed by atoms with Crippen molar-refractivity contribution in [3.05, 3.63) is 18.1 Å². The molecule has 2 rings (SSSR count). The van der Waals surface area contributed by atoms with Crippen molar-refractivity contribution in [2.24, 2.45) is 5.73 Å². The van der Waals surface area contributed by atoms with Gasteiger partial charge >= 0.3 is 0 Å². The van der Waals surface area contributed by atoms with Crippen molar-refractivity contribution in [3.8, 4) is 0 Å². The predicted molar refractivity (Wildman–Crippen MR) is 74.4 cm³/mol. The lowest BCUT2D eigenvalue weighted by atomic mass is 9.94. The van der Waals surface area contributed by atoms with Crippen LogP contribution in [0.1, 0.15) is 37.8 Å². The number of hydrogen-bond acceptors (Lipinski definition) is 5. The minimum absolute atomic E-state index is 0.0783. The molecule has 0 amide bonds. The Balaban J connectivity index is 2.15. The molecule has 0 aliphatic heterocycles. The highest BCUT2D eigenvalue weighted by molar-refractivity contribution is 5.92. The molecule has 0 saturated heterocycles. The van der Waals surface area contributed by atoms with Crippen molar-refractivity contribution < 1.29 is 5.11 Å². The highest BCUT2D eigenvalue weighted by Gasteiger charge is 2.22. The van der Waals surface area contributed by atoms with E-state index < -0.39 is 0 Å². The fraction of sp³-hybridized carbons (Fsp3) is 0.615. The van der Waals surface area contributed by atoms with E-state index in [2.05, 4.69) is 14.9 Å². The van der Waals surface area contributed by atoms with Gasteiger partial charge in [0.25, 0.3) is 0 Å². The van der Waals surface area contributed by atoms with Crippen LogP contribution >= 0.6 is 0 Å². The van der Waals surface area contributed by atoms with Gasteiger partial charge in [-0.15, -0.1) is 0 Å². The number of rotatable bonds is 5. The zero-order valence-electron chi connectivity index (χ0n) is 11.0. The number of nitrogen functional groups attached to an aromatic ring is 1. The molecule has 4 N–H and O–H groups in total. The van der Waals surface area contributed by atoms with Gasteiger partial charge in [-0.05, 0) is 12.8 Å². The first-order valence-electron chi connectivity index (χ1n) is 6.76. The van der Waals surface area contributed by atoms with Crippen LogP contribution in [0, 0.1) is 5.41 Å². The minimum atomic E-state index is -0.0783. The molecule has 0 unspecified atom stereocenters. The molecule has 6 nitrogen and oxygen atoms in total. The molecule has 1 aliphatic rings. The first-order valence-corrected chi connectivity index (χ1v) is 6.76. The van der Waals surface area contributed by atoms with Gasteiger partial charge < -0.3 is 15.7 Å². The van der Waals surface area contributed by atoms with Gasteiger partial charge in [0.2, 0.25) is 0 Å². The SMILES string of the molecule is N=C(N)c1cnc(N(CCO)C2CCCCC2)cn1. The van der Waals surface area contributed by atoms with Crippen molar-refractivity contribution >= 4 is 11.7 Å². The lowest BCUT2D eigenvalue weighted by Crippen LogP contribution is -2.39. The quantitative estimate of drug-likeness (QED) is 0.541. The molecule has 0 atom stereocenters. The molecule has 1 heterocycles. The Morgan fingerprint density at radius 3 is 2.58 bits per heavy atom. The molecule has 1 aromatic rings. The van der Waals surface area contributed by atoms with Crippen LogP contribution in [0.5, 0.6) is 0 Å². The van der Waals surface area contributed by atoms with Gasteiger partial charge in [-0.1, -0.05) is 19.3 Å². The molecule has 1 fully saturated rings. The van der Waals surface area contributed by atoms with Gasteiger partial charge in [-0.2, -0.15) is 0 Å². The average Bonchev–Trinajstić information content (AvgIpc) is 2.46. The standard InChI is InChI=1S/C13H21N5O/c14-13(15)11-8-17-12(9-16-11)18(6-7-19)10-4-2-1-3-5-10/h8-10,19H,1-7H2,(H3,14,15). The smallest absolute Gasteiger partial charge is 0.147 e. The van der Waals surface area contributed by atoms with Crippen LogP contribution in [0.4, 0.5) is 5.82 Å². The van der Waals surface area contributed by atoms with Crippen LogP contribution in [0.2, 0.25) is 0 Å². The van der Waals surface area contributed by atoms with Crippen LogP contribution in [-0.2, 0) is 0 Å². The summed E-state index contributed by atoms with van der Waals surface area (Å²) in [4.78, 5) is 10.6. The van der Waals surface area contributed by atoms with E-state index >= 15 is 0 Å². The largest absolute Gasteiger partial charge is 0.395 e. The van der Waals surface area contributed by atoms with Gasteiger partial charge in [-0.3, -0.25) is 5.41 Å². The molecule has 0 bridgehead atoms. The Morgan fingerprint density at radius 2 is 2.05 bits per heavy atom. The summed E-state index contributed by atoms with van der Waals surface area (Å²) in [5, 5.41) is 16.5. The zero-order valence-corrected chi connectivity index (χ0v) is 11.0. The van der Waals surface area contributed by atoms with E-state index in [1.165, 1.54) is 25.5 Å². The monoisotopic (exact) mass is 263 g/mol. The Morgan fingerprint density at radius 1 is 1.32 bits per heavy atom. The number of nitrogens with two attached hydrogens (primary N) is 1. The van der Waals surface area contributed by atoms with Crippen LogP contribution in [-0.4, -0.2) is 40.1 Å². The molecule has 0 spiro atoms. The highest BCUT2D eigenvalue weighted by atomic mass is 16.3. The van der Waals surface area contributed by atoms with Gasteiger partial charge in [-0.25, -0.2) is 9.97 Å². The molecule has 104 valence electrons. The third-order valence-electron chi connectivity index (χ3n) is 3.56. The second-order valence-corrected chi connectivity index (χ2v) is 4.88. The molecule has 0 aromatic carbocycles. The maximum Gasteiger partial charge on any atom is 0.147 e. The number of amidine groups is 1. The van der Waals surface area contributed by atoms with Gasteiger partial charge in [0.15, 0.2) is 0 Å². The third-order valence-corrected chi connectivity index (χ3v) is 3.56. The molecule has 6 heteroatoms. The summed E-state index contributed by atoms with van der Waals surface area (Å²) in [6, 6.07) is 0.429. The van der Waals surface area contributed by atoms with Crippen LogP contribution in [0.25, 0.3) is 0 Å². The van der Waals surface area contributed by atoms with Crippen molar-refractivity contribution in [3.63, 3.8) is 0 Å². The average molecular weight is 263 g/mol. The van der Waals surface area contributed by atoms with E-state index in [0.717, 1.165) is 18.7 Å². The first kappa shape index (κ1) is 13.7.